The average molecular weight is 815 g/mol. The summed E-state index contributed by atoms with van der Waals surface area (Å²) < 4.78 is 6.20. The third-order valence-corrected chi connectivity index (χ3v) is 18.0. The van der Waals surface area contributed by atoms with Gasteiger partial charge in [0.05, 0.1) is 17.9 Å². The van der Waals surface area contributed by atoms with Gasteiger partial charge in [-0.05, 0) is 123 Å². The van der Waals surface area contributed by atoms with Gasteiger partial charge in [-0.25, -0.2) is 0 Å². The molecule has 59 heavy (non-hydrogen) atoms. The van der Waals surface area contributed by atoms with Crippen LogP contribution in [0, 0.1) is 56.2 Å². The monoisotopic (exact) mass is 815 g/mol. The minimum Gasteiger partial charge on any atom is -0.481 e. The van der Waals surface area contributed by atoms with Gasteiger partial charge in [-0.2, -0.15) is 0 Å². The van der Waals surface area contributed by atoms with E-state index in [9.17, 15) is 29.4 Å². The molecule has 1 heterocycles. The van der Waals surface area contributed by atoms with Crippen molar-refractivity contribution in [3.8, 4) is 0 Å². The molecular formula is C50H74N2O7. The Hall–Kier alpha value is -3.04. The van der Waals surface area contributed by atoms with Crippen LogP contribution in [-0.4, -0.2) is 82.0 Å². The molecule has 1 aliphatic heterocycles. The van der Waals surface area contributed by atoms with Crippen LogP contribution in [0.1, 0.15) is 145 Å². The molecule has 1 aromatic rings. The fraction of sp³-hybridized carbons (Fsp3) is 0.760. The van der Waals surface area contributed by atoms with Gasteiger partial charge < -0.3 is 19.8 Å². The maximum atomic E-state index is 14.4. The molecule has 2 N–H and O–H groups in total. The molecule has 6 aliphatic rings. The Balaban J connectivity index is 1.16. The van der Waals surface area contributed by atoms with Crippen LogP contribution in [0.3, 0.4) is 0 Å². The number of carbonyl (C=O) groups excluding carboxylic acids is 3. The average Bonchev–Trinajstić information content (AvgIpc) is 3.71. The summed E-state index contributed by atoms with van der Waals surface area (Å²) in [4.78, 5) is 56.3. The van der Waals surface area contributed by atoms with E-state index in [1.807, 2.05) is 11.0 Å². The number of aliphatic hydroxyl groups excluding tert-OH is 1. The van der Waals surface area contributed by atoms with Gasteiger partial charge >= 0.3 is 11.9 Å². The van der Waals surface area contributed by atoms with E-state index in [1.54, 1.807) is 13.8 Å². The molecule has 1 aromatic carbocycles. The van der Waals surface area contributed by atoms with Crippen LogP contribution in [-0.2, 0) is 30.5 Å². The highest BCUT2D eigenvalue weighted by Crippen LogP contribution is 2.77. The van der Waals surface area contributed by atoms with Gasteiger partial charge in [-0.15, -0.1) is 0 Å². The van der Waals surface area contributed by atoms with Crippen LogP contribution in [0.15, 0.2) is 41.5 Å². The van der Waals surface area contributed by atoms with E-state index in [4.69, 9.17) is 4.74 Å². The van der Waals surface area contributed by atoms with Gasteiger partial charge in [-0.1, -0.05) is 84.4 Å². The lowest BCUT2D eigenvalue weighted by atomic mass is 9.33. The summed E-state index contributed by atoms with van der Waals surface area (Å²) in [7, 11) is 0. The topological polar surface area (TPSA) is 124 Å². The fourth-order valence-electron chi connectivity index (χ4n) is 14.6. The molecular weight excluding hydrogens is 741 g/mol. The van der Waals surface area contributed by atoms with Gasteiger partial charge in [-0.3, -0.25) is 24.1 Å². The first-order chi connectivity index (χ1) is 27.6. The summed E-state index contributed by atoms with van der Waals surface area (Å²) in [6, 6.07) is 10.4. The molecule has 9 nitrogen and oxygen atoms in total. The number of likely N-dealkylation sites (tertiary alicyclic amines) is 1. The minimum absolute atomic E-state index is 0.0196. The number of carboxylic acids is 1. The molecule has 1 amide bonds. The zero-order valence-electron chi connectivity index (χ0n) is 37.7. The second kappa shape index (κ2) is 15.7. The third kappa shape index (κ3) is 7.34. The highest BCUT2D eigenvalue weighted by Gasteiger charge is 2.71. The maximum Gasteiger partial charge on any atom is 0.309 e. The molecule has 9 heteroatoms. The normalized spacial score (nSPS) is 36.0. The van der Waals surface area contributed by atoms with Crippen LogP contribution in [0.5, 0.6) is 0 Å². The quantitative estimate of drug-likeness (QED) is 0.189. The van der Waals surface area contributed by atoms with E-state index in [0.29, 0.717) is 50.9 Å². The number of rotatable bonds is 13. The van der Waals surface area contributed by atoms with Crippen LogP contribution in [0.2, 0.25) is 0 Å². The minimum atomic E-state index is -1.18. The number of aliphatic hydroxyl groups is 1. The van der Waals surface area contributed by atoms with Crippen molar-refractivity contribution in [1.29, 1.82) is 0 Å². The molecule has 9 unspecified atom stereocenters. The van der Waals surface area contributed by atoms with Crippen molar-refractivity contribution in [1.82, 2.24) is 9.80 Å². The van der Waals surface area contributed by atoms with Gasteiger partial charge in [0.25, 0.3) is 0 Å². The van der Waals surface area contributed by atoms with Crippen molar-refractivity contribution in [2.24, 2.45) is 56.2 Å². The number of carboxylic acid groups (broad SMARTS) is 1. The molecule has 1 saturated heterocycles. The second-order valence-corrected chi connectivity index (χ2v) is 22.3. The van der Waals surface area contributed by atoms with Crippen LogP contribution >= 0.6 is 0 Å². The van der Waals surface area contributed by atoms with E-state index in [2.05, 4.69) is 77.6 Å². The van der Waals surface area contributed by atoms with Crippen molar-refractivity contribution in [3.63, 3.8) is 0 Å². The van der Waals surface area contributed by atoms with Crippen LogP contribution < -0.4 is 0 Å². The standard InChI is InChI=1S/C50H74N2O7/c1-32(2)42-35(53)28-50(38(54)31-51(30-33-14-11-10-12-15-33)26-27-52-25-13-16-40(52)55)24-23-48(8)34(43(42)50)17-18-37-47(7)21-20-39(59-41(56)29-45(3,4)44(57)58)46(5,6)36(47)19-22-49(37,48)9/h10-12,14-15,32,34,36-39,54H,13,16-31H2,1-9H3,(H,57,58). The SMILES string of the molecule is CC(C)C1=C2C3CCC4C5(C)CCC(OC(=O)CC(C)(C)C(=O)O)C(C)(C)C5CCC4(C)C3(C)CCC2(C(O)CN(CCN2CCCC2=O)Cc2ccccc2)CC1=O. The lowest BCUT2D eigenvalue weighted by molar-refractivity contribution is -0.235. The Morgan fingerprint density at radius 2 is 1.64 bits per heavy atom. The number of esters is 1. The number of allylic oxidation sites excluding steroid dienone is 1. The summed E-state index contributed by atoms with van der Waals surface area (Å²) >= 11 is 0. The Morgan fingerprint density at radius 3 is 2.29 bits per heavy atom. The Bertz CT molecular complexity index is 1840. The zero-order chi connectivity index (χ0) is 42.9. The summed E-state index contributed by atoms with van der Waals surface area (Å²) in [5.41, 5.74) is 1.41. The predicted octanol–water partition coefficient (Wildman–Crippen LogP) is 8.87. The molecule has 9 atom stereocenters. The van der Waals surface area contributed by atoms with Gasteiger partial charge in [0.15, 0.2) is 5.78 Å². The molecule has 4 saturated carbocycles. The first-order valence-electron chi connectivity index (χ1n) is 23.0. The number of Topliss-reactive ketones (excluding diaryl/α,β-unsaturated/α-hetero) is 1. The number of fused-ring (bicyclic) bond motifs is 7. The maximum absolute atomic E-state index is 14.4. The van der Waals surface area contributed by atoms with Crippen molar-refractivity contribution < 1.29 is 34.1 Å². The van der Waals surface area contributed by atoms with Crippen molar-refractivity contribution in [2.75, 3.05) is 26.2 Å². The van der Waals surface area contributed by atoms with Crippen molar-refractivity contribution in [3.05, 3.63) is 47.0 Å². The lowest BCUT2D eigenvalue weighted by Gasteiger charge is -2.72. The number of nitrogens with zero attached hydrogens (tertiary/aromatic N) is 2. The Kier molecular flexibility index (Phi) is 11.7. The molecule has 0 spiro atoms. The van der Waals surface area contributed by atoms with Crippen LogP contribution in [0.25, 0.3) is 0 Å². The summed E-state index contributed by atoms with van der Waals surface area (Å²) in [6.07, 6.45) is 8.43. The van der Waals surface area contributed by atoms with E-state index in [-0.39, 0.29) is 57.7 Å². The van der Waals surface area contributed by atoms with E-state index < -0.39 is 28.9 Å². The molecule has 5 aliphatic carbocycles. The van der Waals surface area contributed by atoms with Gasteiger partial charge in [0, 0.05) is 56.4 Å². The highest BCUT2D eigenvalue weighted by atomic mass is 16.5. The Labute approximate surface area is 354 Å². The summed E-state index contributed by atoms with van der Waals surface area (Å²) in [6.45, 7) is 22.9. The number of aliphatic carboxylic acids is 1. The largest absolute Gasteiger partial charge is 0.481 e. The number of ketones is 1. The molecule has 0 radical (unpaired) electrons. The number of amides is 1. The molecule has 7 rings (SSSR count). The van der Waals surface area contributed by atoms with Gasteiger partial charge in [0.1, 0.15) is 6.10 Å². The Morgan fingerprint density at radius 1 is 0.932 bits per heavy atom. The second-order valence-electron chi connectivity index (χ2n) is 22.3. The summed E-state index contributed by atoms with van der Waals surface area (Å²) in [5, 5.41) is 22.4. The number of benzene rings is 1. The van der Waals surface area contributed by atoms with E-state index in [1.165, 1.54) is 11.1 Å². The number of hydrogen-bond donors (Lipinski definition) is 2. The number of ether oxygens (including phenoxy) is 1. The van der Waals surface area contributed by atoms with E-state index in [0.717, 1.165) is 69.9 Å². The molecule has 0 aromatic heterocycles. The zero-order valence-corrected chi connectivity index (χ0v) is 37.7. The van der Waals surface area contributed by atoms with Crippen molar-refractivity contribution in [2.45, 2.75) is 158 Å². The predicted molar refractivity (Wildman–Crippen MR) is 229 cm³/mol. The summed E-state index contributed by atoms with van der Waals surface area (Å²) in [5.74, 6) is 0.118. The first-order valence-corrected chi connectivity index (χ1v) is 23.0. The number of carbonyl (C=O) groups is 4. The molecule has 5 fully saturated rings. The van der Waals surface area contributed by atoms with Crippen LogP contribution in [0.4, 0.5) is 0 Å². The smallest absolute Gasteiger partial charge is 0.309 e. The number of hydrogen-bond acceptors (Lipinski definition) is 7. The van der Waals surface area contributed by atoms with Gasteiger partial charge in [0.2, 0.25) is 5.91 Å². The molecule has 0 bridgehead atoms. The highest BCUT2D eigenvalue weighted by molar-refractivity contribution is 6.00. The fourth-order valence-corrected chi connectivity index (χ4v) is 14.6. The lowest BCUT2D eigenvalue weighted by Crippen LogP contribution is -2.66. The first kappa shape index (κ1) is 44.0. The van der Waals surface area contributed by atoms with E-state index >= 15 is 0 Å². The molecule has 326 valence electrons. The third-order valence-electron chi connectivity index (χ3n) is 18.0. The van der Waals surface area contributed by atoms with Crippen molar-refractivity contribution >= 4 is 23.6 Å².